The second-order valence-electron chi connectivity index (χ2n) is 3.10. The van der Waals surface area contributed by atoms with Gasteiger partial charge in [0.1, 0.15) is 5.69 Å². The maximum Gasteiger partial charge on any atom is 0.227 e. The lowest BCUT2D eigenvalue weighted by atomic mass is 10.2. The average Bonchev–Trinajstić information content (AvgIpc) is 2.37. The van der Waals surface area contributed by atoms with Gasteiger partial charge in [0.05, 0.1) is 28.8 Å². The van der Waals surface area contributed by atoms with Crippen molar-refractivity contribution in [3.63, 3.8) is 0 Å². The molecule has 1 aliphatic heterocycles. The van der Waals surface area contributed by atoms with Gasteiger partial charge in [-0.2, -0.15) is 0 Å². The fourth-order valence-corrected chi connectivity index (χ4v) is 1.82. The van der Waals surface area contributed by atoms with E-state index in [0.717, 1.165) is 0 Å². The summed E-state index contributed by atoms with van der Waals surface area (Å²) in [5.74, 6) is 0.190. The molecule has 0 saturated carbocycles. The third-order valence-electron chi connectivity index (χ3n) is 2.06. The van der Waals surface area contributed by atoms with Crippen LogP contribution in [0.3, 0.4) is 0 Å². The van der Waals surface area contributed by atoms with Gasteiger partial charge in [-0.25, -0.2) is 0 Å². The van der Waals surface area contributed by atoms with Crippen molar-refractivity contribution in [2.45, 2.75) is 6.42 Å². The Bertz CT molecular complexity index is 435. The number of benzene rings is 1. The Morgan fingerprint density at radius 1 is 1.40 bits per heavy atom. The van der Waals surface area contributed by atoms with Crippen molar-refractivity contribution in [3.05, 3.63) is 16.1 Å². The molecule has 1 aliphatic rings. The predicted molar refractivity (Wildman–Crippen MR) is 59.6 cm³/mol. The fourth-order valence-electron chi connectivity index (χ4n) is 1.33. The van der Waals surface area contributed by atoms with E-state index < -0.39 is 0 Å². The van der Waals surface area contributed by atoms with Gasteiger partial charge in [-0.05, 0) is 6.07 Å². The van der Waals surface area contributed by atoms with Crippen LogP contribution in [-0.4, -0.2) is 12.5 Å². The number of amides is 1. The normalized spacial score (nSPS) is 14.9. The van der Waals surface area contributed by atoms with E-state index in [9.17, 15) is 4.79 Å². The molecule has 0 unspecified atom stereocenters. The average molecular weight is 247 g/mol. The van der Waals surface area contributed by atoms with E-state index in [4.69, 9.17) is 33.7 Å². The highest BCUT2D eigenvalue weighted by atomic mass is 35.5. The van der Waals surface area contributed by atoms with Crippen molar-refractivity contribution < 1.29 is 9.53 Å². The second-order valence-corrected chi connectivity index (χ2v) is 3.92. The van der Waals surface area contributed by atoms with Gasteiger partial charge < -0.3 is 15.8 Å². The van der Waals surface area contributed by atoms with Crippen LogP contribution in [0.25, 0.3) is 0 Å². The summed E-state index contributed by atoms with van der Waals surface area (Å²) >= 11 is 11.8. The lowest BCUT2D eigenvalue weighted by molar-refractivity contribution is -0.116. The minimum absolute atomic E-state index is 0.155. The predicted octanol–water partition coefficient (Wildman–Crippen LogP) is 2.30. The summed E-state index contributed by atoms with van der Waals surface area (Å²) in [6.07, 6.45) is 0.266. The van der Waals surface area contributed by atoms with E-state index >= 15 is 0 Å². The Morgan fingerprint density at radius 3 is 2.87 bits per heavy atom. The molecule has 3 N–H and O–H groups in total. The molecule has 0 spiro atoms. The van der Waals surface area contributed by atoms with E-state index in [1.807, 2.05) is 0 Å². The first-order valence-corrected chi connectivity index (χ1v) is 5.05. The van der Waals surface area contributed by atoms with Gasteiger partial charge in [0.15, 0.2) is 5.75 Å². The zero-order chi connectivity index (χ0) is 11.0. The number of fused-ring (bicyclic) bond motifs is 1. The summed E-state index contributed by atoms with van der Waals surface area (Å²) in [7, 11) is 0. The number of hydrogen-bond acceptors (Lipinski definition) is 3. The maximum absolute atomic E-state index is 11.3. The Labute approximate surface area is 96.3 Å². The number of halogens is 2. The van der Waals surface area contributed by atoms with E-state index in [2.05, 4.69) is 5.32 Å². The van der Waals surface area contributed by atoms with Gasteiger partial charge in [0.25, 0.3) is 0 Å². The quantitative estimate of drug-likeness (QED) is 0.691. The van der Waals surface area contributed by atoms with Crippen molar-refractivity contribution in [2.24, 2.45) is 0 Å². The molecule has 0 aromatic heterocycles. The van der Waals surface area contributed by atoms with Crippen LogP contribution in [0.4, 0.5) is 11.4 Å². The third kappa shape index (κ3) is 1.82. The molecular formula is C9H8Cl2N2O2. The molecule has 0 fully saturated rings. The zero-order valence-electron chi connectivity index (χ0n) is 7.64. The van der Waals surface area contributed by atoms with Crippen LogP contribution in [0.1, 0.15) is 6.42 Å². The lowest BCUT2D eigenvalue weighted by Gasteiger charge is -2.12. The number of nitrogens with two attached hydrogens (primary N) is 1. The van der Waals surface area contributed by atoms with Crippen LogP contribution >= 0.6 is 23.2 Å². The number of nitrogens with one attached hydrogen (secondary N) is 1. The molecule has 0 atom stereocenters. The van der Waals surface area contributed by atoms with Gasteiger partial charge in [-0.15, -0.1) is 0 Å². The van der Waals surface area contributed by atoms with Crippen molar-refractivity contribution in [1.29, 1.82) is 0 Å². The molecule has 1 heterocycles. The van der Waals surface area contributed by atoms with Crippen LogP contribution in [0, 0.1) is 0 Å². The Hall–Kier alpha value is -1.13. The molecule has 1 aromatic carbocycles. The molecule has 80 valence electrons. The SMILES string of the molecule is Nc1c(Cl)cc(Cl)c2c1OCCC(=O)N2. The number of rotatable bonds is 0. The van der Waals surface area contributed by atoms with Crippen LogP contribution < -0.4 is 15.8 Å². The van der Waals surface area contributed by atoms with Crippen LogP contribution in [0.5, 0.6) is 5.75 Å². The van der Waals surface area contributed by atoms with E-state index in [-0.39, 0.29) is 18.9 Å². The first-order chi connectivity index (χ1) is 7.09. The van der Waals surface area contributed by atoms with Crippen LogP contribution in [0.2, 0.25) is 10.0 Å². The third-order valence-corrected chi connectivity index (χ3v) is 2.67. The molecule has 2 rings (SSSR count). The smallest absolute Gasteiger partial charge is 0.227 e. The fraction of sp³-hybridized carbons (Fsp3) is 0.222. The Morgan fingerprint density at radius 2 is 2.13 bits per heavy atom. The highest BCUT2D eigenvalue weighted by molar-refractivity contribution is 6.39. The number of nitrogen functional groups attached to an aromatic ring is 1. The van der Waals surface area contributed by atoms with Gasteiger partial charge in [-0.1, -0.05) is 23.2 Å². The molecule has 0 bridgehead atoms. The minimum atomic E-state index is -0.155. The van der Waals surface area contributed by atoms with E-state index in [0.29, 0.717) is 27.2 Å². The standard InChI is InChI=1S/C9H8Cl2N2O2/c10-4-3-5(11)8-9(7(4)12)15-2-1-6(14)13-8/h3H,1-2,12H2,(H,13,14). The topological polar surface area (TPSA) is 64.3 Å². The maximum atomic E-state index is 11.3. The van der Waals surface area contributed by atoms with E-state index in [1.165, 1.54) is 6.07 Å². The van der Waals surface area contributed by atoms with Gasteiger partial charge in [0.2, 0.25) is 5.91 Å². The van der Waals surface area contributed by atoms with Gasteiger partial charge >= 0.3 is 0 Å². The molecule has 1 amide bonds. The summed E-state index contributed by atoms with van der Waals surface area (Å²) in [5, 5.41) is 3.26. The molecule has 0 aliphatic carbocycles. The number of carbonyl (C=O) groups is 1. The Kier molecular flexibility index (Phi) is 2.63. The summed E-state index contributed by atoms with van der Waals surface area (Å²) in [4.78, 5) is 11.3. The van der Waals surface area contributed by atoms with Crippen LogP contribution in [-0.2, 0) is 4.79 Å². The number of carbonyl (C=O) groups excluding carboxylic acids is 1. The monoisotopic (exact) mass is 246 g/mol. The minimum Gasteiger partial charge on any atom is -0.489 e. The first kappa shape index (κ1) is 10.4. The highest BCUT2D eigenvalue weighted by Gasteiger charge is 2.21. The highest BCUT2D eigenvalue weighted by Crippen LogP contribution is 2.43. The molecular weight excluding hydrogens is 239 g/mol. The second kappa shape index (κ2) is 3.79. The first-order valence-electron chi connectivity index (χ1n) is 4.29. The molecule has 0 saturated heterocycles. The molecule has 6 heteroatoms. The molecule has 15 heavy (non-hydrogen) atoms. The van der Waals surface area contributed by atoms with E-state index in [1.54, 1.807) is 0 Å². The van der Waals surface area contributed by atoms with Crippen molar-refractivity contribution in [1.82, 2.24) is 0 Å². The largest absolute Gasteiger partial charge is 0.489 e. The summed E-state index contributed by atoms with van der Waals surface area (Å²) in [6.45, 7) is 0.264. The molecule has 1 aromatic rings. The summed E-state index contributed by atoms with van der Waals surface area (Å²) < 4.78 is 5.33. The number of ether oxygens (including phenoxy) is 1. The number of anilines is 2. The molecule has 4 nitrogen and oxygen atoms in total. The van der Waals surface area contributed by atoms with Crippen LogP contribution in [0.15, 0.2) is 6.07 Å². The zero-order valence-corrected chi connectivity index (χ0v) is 9.15. The summed E-state index contributed by atoms with van der Waals surface area (Å²) in [6, 6.07) is 1.48. The molecule has 0 radical (unpaired) electrons. The van der Waals surface area contributed by atoms with Crippen molar-refractivity contribution >= 4 is 40.5 Å². The van der Waals surface area contributed by atoms with Crippen molar-refractivity contribution in [2.75, 3.05) is 17.7 Å². The van der Waals surface area contributed by atoms with Gasteiger partial charge in [-0.3, -0.25) is 4.79 Å². The van der Waals surface area contributed by atoms with Crippen molar-refractivity contribution in [3.8, 4) is 5.75 Å². The Balaban J connectivity index is 2.60. The van der Waals surface area contributed by atoms with Gasteiger partial charge in [0, 0.05) is 0 Å². The lowest BCUT2D eigenvalue weighted by Crippen LogP contribution is -2.10. The number of hydrogen-bond donors (Lipinski definition) is 2. The summed E-state index contributed by atoms with van der Waals surface area (Å²) in [5.41, 5.74) is 6.40.